The van der Waals surface area contributed by atoms with E-state index in [9.17, 15) is 9.59 Å². The van der Waals surface area contributed by atoms with E-state index in [1.165, 1.54) is 0 Å². The maximum Gasteiger partial charge on any atom is 0.251 e. The van der Waals surface area contributed by atoms with Gasteiger partial charge < -0.3 is 20.1 Å². The molecule has 7 heteroatoms. The molecule has 2 saturated heterocycles. The first-order valence-corrected chi connectivity index (χ1v) is 11.8. The summed E-state index contributed by atoms with van der Waals surface area (Å²) >= 11 is 0. The topological polar surface area (TPSA) is 79.9 Å². The predicted molar refractivity (Wildman–Crippen MR) is 122 cm³/mol. The van der Waals surface area contributed by atoms with Crippen LogP contribution in [0.25, 0.3) is 0 Å². The Balaban J connectivity index is 1.31. The summed E-state index contributed by atoms with van der Waals surface area (Å²) in [7, 11) is 1.63. The van der Waals surface area contributed by atoms with E-state index in [1.54, 1.807) is 7.11 Å². The van der Waals surface area contributed by atoms with Gasteiger partial charge in [-0.3, -0.25) is 14.5 Å². The number of hydrogen-bond donors (Lipinski definition) is 2. The molecule has 0 aromatic heterocycles. The zero-order valence-electron chi connectivity index (χ0n) is 19.9. The second-order valence-corrected chi connectivity index (χ2v) is 10.6. The summed E-state index contributed by atoms with van der Waals surface area (Å²) in [4.78, 5) is 27.9. The molecule has 32 heavy (non-hydrogen) atoms. The average molecular weight is 444 g/mol. The molecule has 4 aliphatic rings. The fourth-order valence-corrected chi connectivity index (χ4v) is 5.71. The number of methoxy groups -OCH3 is 1. The Labute approximate surface area is 191 Å². The Kier molecular flexibility index (Phi) is 6.39. The number of piperidine rings is 1. The van der Waals surface area contributed by atoms with Crippen molar-refractivity contribution in [2.75, 3.05) is 20.2 Å². The van der Waals surface area contributed by atoms with E-state index in [4.69, 9.17) is 9.47 Å². The fourth-order valence-electron chi connectivity index (χ4n) is 5.71. The van der Waals surface area contributed by atoms with Crippen LogP contribution in [-0.2, 0) is 19.1 Å². The van der Waals surface area contributed by atoms with Gasteiger partial charge in [0.05, 0.1) is 25.1 Å². The maximum absolute atomic E-state index is 13.1. The van der Waals surface area contributed by atoms with Crippen molar-refractivity contribution < 1.29 is 19.1 Å². The SMILES string of the molecule is COC1=CC2C(C(=O)NCC3C[C@H]4CC[C@@H](C3)N4CC(=O)NC(C)(C)C)=C(C)OC2C=C1. The fraction of sp³-hybridized carbons (Fsp3) is 0.680. The molecule has 3 heterocycles. The highest BCUT2D eigenvalue weighted by molar-refractivity contribution is 5.95. The Bertz CT molecular complexity index is 840. The van der Waals surface area contributed by atoms with Crippen molar-refractivity contribution >= 4 is 11.8 Å². The zero-order chi connectivity index (χ0) is 23.0. The summed E-state index contributed by atoms with van der Waals surface area (Å²) in [6.07, 6.45) is 10.0. The van der Waals surface area contributed by atoms with Gasteiger partial charge in [0, 0.05) is 24.2 Å². The number of nitrogens with zero attached hydrogens (tertiary/aromatic N) is 1. The summed E-state index contributed by atoms with van der Waals surface area (Å²) < 4.78 is 11.2. The van der Waals surface area contributed by atoms with Gasteiger partial charge in [0.15, 0.2) is 0 Å². The van der Waals surface area contributed by atoms with Crippen LogP contribution < -0.4 is 10.6 Å². The largest absolute Gasteiger partial charge is 0.497 e. The molecule has 4 rings (SSSR count). The van der Waals surface area contributed by atoms with Crippen LogP contribution in [0, 0.1) is 11.8 Å². The van der Waals surface area contributed by atoms with Gasteiger partial charge in [-0.15, -0.1) is 0 Å². The van der Waals surface area contributed by atoms with E-state index in [0.717, 1.165) is 31.4 Å². The molecule has 0 saturated carbocycles. The molecule has 2 bridgehead atoms. The van der Waals surface area contributed by atoms with E-state index >= 15 is 0 Å². The van der Waals surface area contributed by atoms with Crippen molar-refractivity contribution in [1.82, 2.24) is 15.5 Å². The highest BCUT2D eigenvalue weighted by Crippen LogP contribution is 2.39. The van der Waals surface area contributed by atoms with Crippen LogP contribution in [0.4, 0.5) is 0 Å². The van der Waals surface area contributed by atoms with Gasteiger partial charge in [-0.2, -0.15) is 0 Å². The molecular weight excluding hydrogens is 406 g/mol. The van der Waals surface area contributed by atoms with E-state index in [-0.39, 0.29) is 29.4 Å². The van der Waals surface area contributed by atoms with Crippen LogP contribution in [0.3, 0.4) is 0 Å². The smallest absolute Gasteiger partial charge is 0.251 e. The van der Waals surface area contributed by atoms with Crippen LogP contribution in [0.2, 0.25) is 0 Å². The van der Waals surface area contributed by atoms with Crippen molar-refractivity contribution in [1.29, 1.82) is 0 Å². The summed E-state index contributed by atoms with van der Waals surface area (Å²) in [5, 5.41) is 6.26. The van der Waals surface area contributed by atoms with E-state index < -0.39 is 0 Å². The molecule has 7 nitrogen and oxygen atoms in total. The predicted octanol–water partition coefficient (Wildman–Crippen LogP) is 2.65. The number of carbonyl (C=O) groups excluding carboxylic acids is 2. The van der Waals surface area contributed by atoms with Gasteiger partial charge in [-0.05, 0) is 77.5 Å². The zero-order valence-corrected chi connectivity index (χ0v) is 19.9. The lowest BCUT2D eigenvalue weighted by atomic mass is 9.88. The van der Waals surface area contributed by atoms with Crippen molar-refractivity contribution in [2.24, 2.45) is 11.8 Å². The molecule has 3 aliphatic heterocycles. The third-order valence-corrected chi connectivity index (χ3v) is 7.03. The molecule has 0 aromatic carbocycles. The lowest BCUT2D eigenvalue weighted by Crippen LogP contribution is -2.52. The third-order valence-electron chi connectivity index (χ3n) is 7.03. The van der Waals surface area contributed by atoms with Crippen LogP contribution in [0.1, 0.15) is 53.4 Å². The van der Waals surface area contributed by atoms with Gasteiger partial charge in [0.1, 0.15) is 17.6 Å². The van der Waals surface area contributed by atoms with Gasteiger partial charge in [-0.1, -0.05) is 0 Å². The van der Waals surface area contributed by atoms with Gasteiger partial charge in [-0.25, -0.2) is 0 Å². The molecule has 176 valence electrons. The second kappa shape index (κ2) is 8.93. The monoisotopic (exact) mass is 443 g/mol. The number of ether oxygens (including phenoxy) is 2. The summed E-state index contributed by atoms with van der Waals surface area (Å²) in [6.45, 7) is 9.04. The Morgan fingerprint density at radius 2 is 1.91 bits per heavy atom. The highest BCUT2D eigenvalue weighted by Gasteiger charge is 2.42. The number of nitrogens with one attached hydrogen (secondary N) is 2. The normalized spacial score (nSPS) is 31.7. The minimum Gasteiger partial charge on any atom is -0.497 e. The van der Waals surface area contributed by atoms with Crippen molar-refractivity contribution in [3.63, 3.8) is 0 Å². The first-order chi connectivity index (χ1) is 15.1. The molecule has 0 spiro atoms. The number of rotatable bonds is 6. The number of hydrogen-bond acceptors (Lipinski definition) is 5. The van der Waals surface area contributed by atoms with Crippen LogP contribution in [-0.4, -0.2) is 60.6 Å². The molecule has 2 fully saturated rings. The number of fused-ring (bicyclic) bond motifs is 3. The molecule has 3 unspecified atom stereocenters. The van der Waals surface area contributed by atoms with Gasteiger partial charge in [0.25, 0.3) is 5.91 Å². The third kappa shape index (κ3) is 4.87. The van der Waals surface area contributed by atoms with Crippen molar-refractivity contribution in [3.05, 3.63) is 35.3 Å². The molecule has 0 aromatic rings. The Hall–Kier alpha value is -2.28. The first kappa shape index (κ1) is 22.9. The first-order valence-electron chi connectivity index (χ1n) is 11.8. The minimum atomic E-state index is -0.207. The molecular formula is C25H37N3O4. The van der Waals surface area contributed by atoms with Crippen LogP contribution >= 0.6 is 0 Å². The summed E-state index contributed by atoms with van der Waals surface area (Å²) in [5.74, 6) is 1.84. The van der Waals surface area contributed by atoms with Gasteiger partial charge in [0.2, 0.25) is 5.91 Å². The number of allylic oxidation sites excluding steroid dienone is 2. The van der Waals surface area contributed by atoms with Gasteiger partial charge >= 0.3 is 0 Å². The number of amides is 2. The van der Waals surface area contributed by atoms with E-state index in [1.807, 2.05) is 45.9 Å². The van der Waals surface area contributed by atoms with E-state index in [0.29, 0.717) is 42.4 Å². The minimum absolute atomic E-state index is 0.0451. The molecule has 2 N–H and O–H groups in total. The maximum atomic E-state index is 13.1. The van der Waals surface area contributed by atoms with Crippen LogP contribution in [0.15, 0.2) is 35.3 Å². The summed E-state index contributed by atoms with van der Waals surface area (Å²) in [5.41, 5.74) is 0.495. The summed E-state index contributed by atoms with van der Waals surface area (Å²) in [6, 6.07) is 0.856. The quantitative estimate of drug-likeness (QED) is 0.660. The highest BCUT2D eigenvalue weighted by atomic mass is 16.5. The number of carbonyl (C=O) groups is 2. The second-order valence-electron chi connectivity index (χ2n) is 10.6. The lowest BCUT2D eigenvalue weighted by Gasteiger charge is -2.39. The average Bonchev–Trinajstić information content (AvgIpc) is 3.14. The van der Waals surface area contributed by atoms with E-state index in [2.05, 4.69) is 15.5 Å². The molecule has 2 amide bonds. The van der Waals surface area contributed by atoms with Crippen LogP contribution in [0.5, 0.6) is 0 Å². The Morgan fingerprint density at radius 3 is 2.53 bits per heavy atom. The molecule has 0 radical (unpaired) electrons. The Morgan fingerprint density at radius 1 is 1.22 bits per heavy atom. The molecule has 1 aliphatic carbocycles. The van der Waals surface area contributed by atoms with Crippen molar-refractivity contribution in [2.45, 2.75) is 77.1 Å². The lowest BCUT2D eigenvalue weighted by molar-refractivity contribution is -0.125. The van der Waals surface area contributed by atoms with Crippen molar-refractivity contribution in [3.8, 4) is 0 Å². The molecule has 5 atom stereocenters. The standard InChI is InChI=1S/C25H37N3O4/c1-15-23(20-12-19(31-5)8-9-21(20)32-15)24(30)26-13-16-10-17-6-7-18(11-16)28(17)14-22(29)27-25(2,3)4/h8-9,12,16-18,20-21H,6-7,10-11,13-14H2,1-5H3,(H,26,30)(H,27,29)/t16?,17-,18+,20?,21?.